The number of halogens is 3. The van der Waals surface area contributed by atoms with Gasteiger partial charge in [0.05, 0.1) is 5.69 Å². The third kappa shape index (κ3) is 2.68. The molecule has 0 aliphatic carbocycles. The van der Waals surface area contributed by atoms with Crippen molar-refractivity contribution in [1.29, 1.82) is 0 Å². The smallest absolute Gasteiger partial charge is 0.301 e. The summed E-state index contributed by atoms with van der Waals surface area (Å²) in [5, 5.41) is 3.39. The normalized spacial score (nSPS) is 19.7. The Hall–Kier alpha value is -1.04. The van der Waals surface area contributed by atoms with Gasteiger partial charge in [-0.25, -0.2) is 0 Å². The van der Waals surface area contributed by atoms with E-state index in [1.165, 1.54) is 12.3 Å². The summed E-state index contributed by atoms with van der Waals surface area (Å²) in [5.41, 5.74) is 0.297. The van der Waals surface area contributed by atoms with Gasteiger partial charge in [0.15, 0.2) is 0 Å². The van der Waals surface area contributed by atoms with Crippen molar-refractivity contribution in [1.82, 2.24) is 14.7 Å². The lowest BCUT2D eigenvalue weighted by Crippen LogP contribution is -2.38. The highest BCUT2D eigenvalue weighted by Crippen LogP contribution is 2.32. The van der Waals surface area contributed by atoms with Crippen molar-refractivity contribution in [3.05, 3.63) is 18.0 Å². The van der Waals surface area contributed by atoms with Gasteiger partial charge < -0.3 is 4.90 Å². The molecule has 1 aromatic heterocycles. The Bertz CT molecular complexity index is 390. The minimum absolute atomic E-state index is 0.0378. The average Bonchev–Trinajstić information content (AvgIpc) is 2.77. The summed E-state index contributed by atoms with van der Waals surface area (Å²) in [6.45, 7) is 5.93. The first-order valence-corrected chi connectivity index (χ1v) is 6.24. The number of hydrogen-bond acceptors (Lipinski definition) is 2. The van der Waals surface area contributed by atoms with Crippen molar-refractivity contribution < 1.29 is 13.2 Å². The fourth-order valence-electron chi connectivity index (χ4n) is 2.55. The second-order valence-electron chi connectivity index (χ2n) is 5.04. The number of alkyl halides is 3. The molecule has 2 rings (SSSR count). The van der Waals surface area contributed by atoms with E-state index in [9.17, 15) is 13.2 Å². The molecule has 1 aliphatic heterocycles. The summed E-state index contributed by atoms with van der Waals surface area (Å²) < 4.78 is 38.4. The first kappa shape index (κ1) is 13.4. The number of rotatable bonds is 2. The molecule has 0 unspecified atom stereocenters. The van der Waals surface area contributed by atoms with Crippen LogP contribution in [-0.2, 0) is 6.30 Å². The molecule has 1 fully saturated rings. The molecular formula is C12H18F3N3. The Morgan fingerprint density at radius 3 is 2.39 bits per heavy atom. The van der Waals surface area contributed by atoms with E-state index >= 15 is 0 Å². The van der Waals surface area contributed by atoms with E-state index in [-0.39, 0.29) is 10.6 Å². The predicted molar refractivity (Wildman–Crippen MR) is 62.2 cm³/mol. The molecule has 0 saturated carbocycles. The van der Waals surface area contributed by atoms with Crippen molar-refractivity contribution in [3.8, 4) is 0 Å². The molecule has 102 valence electrons. The molecule has 18 heavy (non-hydrogen) atoms. The van der Waals surface area contributed by atoms with Crippen LogP contribution in [0.5, 0.6) is 0 Å². The zero-order valence-corrected chi connectivity index (χ0v) is 10.6. The highest BCUT2D eigenvalue weighted by atomic mass is 19.4. The Morgan fingerprint density at radius 2 is 1.89 bits per heavy atom. The summed E-state index contributed by atoms with van der Waals surface area (Å²) in [4.78, 5) is 2.30. The molecule has 1 aromatic rings. The molecule has 0 aromatic carbocycles. The van der Waals surface area contributed by atoms with Crippen LogP contribution in [0.4, 0.5) is 13.2 Å². The van der Waals surface area contributed by atoms with Crippen LogP contribution in [0, 0.1) is 0 Å². The molecular weight excluding hydrogens is 243 g/mol. The second kappa shape index (κ2) is 4.91. The summed E-state index contributed by atoms with van der Waals surface area (Å²) in [5.74, 6) is -0.0378. The number of likely N-dealkylation sites (tertiary alicyclic amines) is 1. The first-order valence-electron chi connectivity index (χ1n) is 6.24. The van der Waals surface area contributed by atoms with Crippen LogP contribution in [0.15, 0.2) is 12.3 Å². The van der Waals surface area contributed by atoms with Gasteiger partial charge in [0.25, 0.3) is 0 Å². The van der Waals surface area contributed by atoms with Gasteiger partial charge in [-0.2, -0.15) is 9.78 Å². The summed E-state index contributed by atoms with van der Waals surface area (Å²) in [6.07, 6.45) is -1.65. The lowest BCUT2D eigenvalue weighted by Gasteiger charge is -2.34. The third-order valence-electron chi connectivity index (χ3n) is 3.59. The summed E-state index contributed by atoms with van der Waals surface area (Å²) >= 11 is 0. The van der Waals surface area contributed by atoms with E-state index in [4.69, 9.17) is 0 Å². The van der Waals surface area contributed by atoms with Crippen molar-refractivity contribution in [2.75, 3.05) is 13.1 Å². The number of aromatic nitrogens is 2. The zero-order chi connectivity index (χ0) is 13.3. The van der Waals surface area contributed by atoms with Crippen LogP contribution in [0.1, 0.15) is 38.3 Å². The lowest BCUT2D eigenvalue weighted by atomic mass is 9.93. The van der Waals surface area contributed by atoms with Crippen LogP contribution < -0.4 is 0 Å². The highest BCUT2D eigenvalue weighted by Gasteiger charge is 2.36. The van der Waals surface area contributed by atoms with E-state index < -0.39 is 6.30 Å². The van der Waals surface area contributed by atoms with Gasteiger partial charge in [-0.1, -0.05) is 0 Å². The first-order chi connectivity index (χ1) is 8.39. The van der Waals surface area contributed by atoms with Gasteiger partial charge in [0.2, 0.25) is 0 Å². The molecule has 6 heteroatoms. The molecule has 0 amide bonds. The zero-order valence-electron chi connectivity index (χ0n) is 10.6. The molecule has 0 atom stereocenters. The quantitative estimate of drug-likeness (QED) is 0.816. The lowest BCUT2D eigenvalue weighted by molar-refractivity contribution is -0.214. The maximum Gasteiger partial charge on any atom is 0.504 e. The van der Waals surface area contributed by atoms with Crippen LogP contribution in [0.3, 0.4) is 0 Å². The maximum absolute atomic E-state index is 12.7. The van der Waals surface area contributed by atoms with Crippen molar-refractivity contribution in [3.63, 3.8) is 0 Å². The molecule has 0 radical (unpaired) electrons. The maximum atomic E-state index is 12.7. The summed E-state index contributed by atoms with van der Waals surface area (Å²) in [6, 6.07) is 1.95. The van der Waals surface area contributed by atoms with Crippen LogP contribution >= 0.6 is 0 Å². The largest absolute Gasteiger partial charge is 0.504 e. The van der Waals surface area contributed by atoms with Crippen LogP contribution in [-0.4, -0.2) is 33.8 Å². The van der Waals surface area contributed by atoms with E-state index in [0.29, 0.717) is 11.7 Å². The van der Waals surface area contributed by atoms with Gasteiger partial charge >= 0.3 is 6.30 Å². The average molecular weight is 261 g/mol. The minimum atomic E-state index is -4.41. The Kier molecular flexibility index (Phi) is 3.66. The van der Waals surface area contributed by atoms with E-state index in [2.05, 4.69) is 23.8 Å². The molecule has 1 saturated heterocycles. The standard InChI is InChI=1S/C12H18F3N3/c1-9(2)17-7-4-10(5-8-17)11-3-6-16-18(11)12(13,14)15/h3,6,9-10H,4-5,7-8H2,1-2H3. The Balaban J connectivity index is 2.09. The second-order valence-corrected chi connectivity index (χ2v) is 5.04. The van der Waals surface area contributed by atoms with Crippen LogP contribution in [0.25, 0.3) is 0 Å². The third-order valence-corrected chi connectivity index (χ3v) is 3.59. The van der Waals surface area contributed by atoms with Crippen molar-refractivity contribution in [2.45, 2.75) is 44.9 Å². The van der Waals surface area contributed by atoms with Gasteiger partial charge in [0, 0.05) is 18.2 Å². The van der Waals surface area contributed by atoms with Gasteiger partial charge in [-0.3, -0.25) is 0 Å². The van der Waals surface area contributed by atoms with Crippen LogP contribution in [0.2, 0.25) is 0 Å². The van der Waals surface area contributed by atoms with E-state index in [0.717, 1.165) is 25.9 Å². The van der Waals surface area contributed by atoms with Gasteiger partial charge in [-0.15, -0.1) is 13.2 Å². The van der Waals surface area contributed by atoms with E-state index in [1.807, 2.05) is 0 Å². The number of piperidine rings is 1. The van der Waals surface area contributed by atoms with Gasteiger partial charge in [-0.05, 0) is 45.8 Å². The topological polar surface area (TPSA) is 21.1 Å². The molecule has 0 spiro atoms. The molecule has 3 nitrogen and oxygen atoms in total. The molecule has 1 aliphatic rings. The SMILES string of the molecule is CC(C)N1CCC(c2ccnn2C(F)(F)F)CC1. The fraction of sp³-hybridized carbons (Fsp3) is 0.750. The van der Waals surface area contributed by atoms with Crippen molar-refractivity contribution in [2.24, 2.45) is 0 Å². The molecule has 2 heterocycles. The van der Waals surface area contributed by atoms with E-state index in [1.54, 1.807) is 0 Å². The molecule has 0 N–H and O–H groups in total. The minimum Gasteiger partial charge on any atom is -0.301 e. The number of hydrogen-bond donors (Lipinski definition) is 0. The monoisotopic (exact) mass is 261 g/mol. The number of nitrogens with zero attached hydrogens (tertiary/aromatic N) is 3. The van der Waals surface area contributed by atoms with Crippen molar-refractivity contribution >= 4 is 0 Å². The fourth-order valence-corrected chi connectivity index (χ4v) is 2.55. The predicted octanol–water partition coefficient (Wildman–Crippen LogP) is 2.95. The Morgan fingerprint density at radius 1 is 1.28 bits per heavy atom. The molecule has 0 bridgehead atoms. The van der Waals surface area contributed by atoms with Gasteiger partial charge in [0.1, 0.15) is 0 Å². The highest BCUT2D eigenvalue weighted by molar-refractivity contribution is 5.10. The summed E-state index contributed by atoms with van der Waals surface area (Å²) in [7, 11) is 0. The Labute approximate surface area is 105 Å².